The van der Waals surface area contributed by atoms with Gasteiger partial charge in [0, 0.05) is 32.5 Å². The summed E-state index contributed by atoms with van der Waals surface area (Å²) >= 11 is 0. The predicted octanol–water partition coefficient (Wildman–Crippen LogP) is 1.10. The SMILES string of the molecule is CN(C(=O)CN(C)S(=O)(=O)c1cccnc1)C1CCCC1. The van der Waals surface area contributed by atoms with Crippen LogP contribution >= 0.6 is 0 Å². The number of likely N-dealkylation sites (N-methyl/N-ethyl adjacent to an activating group) is 2. The summed E-state index contributed by atoms with van der Waals surface area (Å²) in [5.74, 6) is -0.170. The molecule has 1 aromatic rings. The number of nitrogens with zero attached hydrogens (tertiary/aromatic N) is 3. The molecule has 0 spiro atoms. The Kier molecular flexibility index (Phi) is 4.95. The van der Waals surface area contributed by atoms with Gasteiger partial charge in [-0.05, 0) is 25.0 Å². The lowest BCUT2D eigenvalue weighted by Gasteiger charge is -2.26. The fourth-order valence-corrected chi connectivity index (χ4v) is 3.65. The minimum absolute atomic E-state index is 0.101. The zero-order valence-corrected chi connectivity index (χ0v) is 13.2. The van der Waals surface area contributed by atoms with E-state index in [9.17, 15) is 13.2 Å². The largest absolute Gasteiger partial charge is 0.342 e. The molecule has 1 heterocycles. The van der Waals surface area contributed by atoms with Gasteiger partial charge in [-0.3, -0.25) is 9.78 Å². The molecule has 0 bridgehead atoms. The Labute approximate surface area is 125 Å². The summed E-state index contributed by atoms with van der Waals surface area (Å²) < 4.78 is 25.7. The molecule has 1 aliphatic rings. The van der Waals surface area contributed by atoms with Crippen molar-refractivity contribution in [1.82, 2.24) is 14.2 Å². The molecular weight excluding hydrogens is 290 g/mol. The molecule has 1 aromatic heterocycles. The van der Waals surface area contributed by atoms with Gasteiger partial charge < -0.3 is 4.90 Å². The van der Waals surface area contributed by atoms with E-state index in [4.69, 9.17) is 0 Å². The van der Waals surface area contributed by atoms with Crippen molar-refractivity contribution in [3.63, 3.8) is 0 Å². The Hall–Kier alpha value is -1.47. The third-order valence-electron chi connectivity index (χ3n) is 3.97. The van der Waals surface area contributed by atoms with Crippen molar-refractivity contribution >= 4 is 15.9 Å². The highest BCUT2D eigenvalue weighted by Crippen LogP contribution is 2.22. The zero-order chi connectivity index (χ0) is 15.5. The predicted molar refractivity (Wildman–Crippen MR) is 79.1 cm³/mol. The van der Waals surface area contributed by atoms with Crippen molar-refractivity contribution in [2.75, 3.05) is 20.6 Å². The lowest BCUT2D eigenvalue weighted by Crippen LogP contribution is -2.43. The highest BCUT2D eigenvalue weighted by atomic mass is 32.2. The number of rotatable bonds is 5. The summed E-state index contributed by atoms with van der Waals surface area (Å²) in [5, 5.41) is 0. The Bertz CT molecular complexity index is 583. The van der Waals surface area contributed by atoms with Crippen LogP contribution in [0.3, 0.4) is 0 Å². The van der Waals surface area contributed by atoms with Crippen molar-refractivity contribution in [2.24, 2.45) is 0 Å². The molecule has 7 heteroatoms. The van der Waals surface area contributed by atoms with Gasteiger partial charge in [-0.1, -0.05) is 12.8 Å². The fraction of sp³-hybridized carbons (Fsp3) is 0.571. The number of hydrogen-bond donors (Lipinski definition) is 0. The van der Waals surface area contributed by atoms with Gasteiger partial charge in [0.25, 0.3) is 0 Å². The lowest BCUT2D eigenvalue weighted by molar-refractivity contribution is -0.131. The molecule has 0 N–H and O–H groups in total. The van der Waals surface area contributed by atoms with Crippen LogP contribution in [0.4, 0.5) is 0 Å². The van der Waals surface area contributed by atoms with E-state index in [0.29, 0.717) is 0 Å². The van der Waals surface area contributed by atoms with Gasteiger partial charge in [-0.25, -0.2) is 8.42 Å². The van der Waals surface area contributed by atoms with E-state index in [-0.39, 0.29) is 23.4 Å². The second-order valence-corrected chi connectivity index (χ2v) is 7.44. The van der Waals surface area contributed by atoms with Gasteiger partial charge in [0.1, 0.15) is 4.90 Å². The average Bonchev–Trinajstić information content (AvgIpc) is 3.01. The standard InChI is InChI=1S/C14H21N3O3S/c1-16(21(19,20)13-8-5-9-15-10-13)11-14(18)17(2)12-6-3-4-7-12/h5,8-10,12H,3-4,6-7,11H2,1-2H3. The average molecular weight is 311 g/mol. The van der Waals surface area contributed by atoms with Crippen molar-refractivity contribution in [2.45, 2.75) is 36.6 Å². The second kappa shape index (κ2) is 6.53. The number of pyridine rings is 1. The van der Waals surface area contributed by atoms with Crippen LogP contribution in [0.2, 0.25) is 0 Å². The first kappa shape index (κ1) is 15.9. The molecule has 1 fully saturated rings. The number of carbonyl (C=O) groups excluding carboxylic acids is 1. The summed E-state index contributed by atoms with van der Waals surface area (Å²) in [4.78, 5) is 17.8. The highest BCUT2D eigenvalue weighted by molar-refractivity contribution is 7.89. The van der Waals surface area contributed by atoms with Crippen LogP contribution in [0, 0.1) is 0 Å². The van der Waals surface area contributed by atoms with E-state index >= 15 is 0 Å². The molecule has 1 amide bonds. The van der Waals surface area contributed by atoms with Crippen molar-refractivity contribution < 1.29 is 13.2 Å². The minimum Gasteiger partial charge on any atom is -0.342 e. The van der Waals surface area contributed by atoms with Crippen LogP contribution < -0.4 is 0 Å². The van der Waals surface area contributed by atoms with Crippen molar-refractivity contribution in [3.05, 3.63) is 24.5 Å². The molecule has 21 heavy (non-hydrogen) atoms. The maximum Gasteiger partial charge on any atom is 0.244 e. The van der Waals surface area contributed by atoms with E-state index in [1.165, 1.54) is 25.5 Å². The zero-order valence-electron chi connectivity index (χ0n) is 12.4. The van der Waals surface area contributed by atoms with Gasteiger partial charge in [-0.15, -0.1) is 0 Å². The quantitative estimate of drug-likeness (QED) is 0.816. The van der Waals surface area contributed by atoms with Crippen LogP contribution in [0.25, 0.3) is 0 Å². The Morgan fingerprint density at radius 2 is 2.00 bits per heavy atom. The molecule has 0 atom stereocenters. The minimum atomic E-state index is -3.67. The topological polar surface area (TPSA) is 70.6 Å². The Balaban J connectivity index is 2.03. The van der Waals surface area contributed by atoms with Crippen LogP contribution in [0.15, 0.2) is 29.4 Å². The molecule has 0 radical (unpaired) electrons. The van der Waals surface area contributed by atoms with E-state index in [1.807, 2.05) is 0 Å². The van der Waals surface area contributed by atoms with E-state index in [2.05, 4.69) is 4.98 Å². The maximum atomic E-state index is 12.3. The molecule has 0 saturated heterocycles. The van der Waals surface area contributed by atoms with Crippen LogP contribution in [0.5, 0.6) is 0 Å². The highest BCUT2D eigenvalue weighted by Gasteiger charge is 2.28. The van der Waals surface area contributed by atoms with E-state index in [0.717, 1.165) is 30.0 Å². The third kappa shape index (κ3) is 3.59. The first-order chi connectivity index (χ1) is 9.93. The molecular formula is C14H21N3O3S. The molecule has 2 rings (SSSR count). The van der Waals surface area contributed by atoms with E-state index < -0.39 is 10.0 Å². The summed E-state index contributed by atoms with van der Waals surface area (Å²) in [6.07, 6.45) is 7.07. The normalized spacial score (nSPS) is 16.3. The van der Waals surface area contributed by atoms with Crippen molar-refractivity contribution in [3.8, 4) is 0 Å². The van der Waals surface area contributed by atoms with Crippen molar-refractivity contribution in [1.29, 1.82) is 0 Å². The van der Waals surface area contributed by atoms with Crippen LogP contribution in [0.1, 0.15) is 25.7 Å². The molecule has 0 aliphatic heterocycles. The Morgan fingerprint density at radius 1 is 1.33 bits per heavy atom. The number of amides is 1. The summed E-state index contributed by atoms with van der Waals surface area (Å²) in [7, 11) is -0.496. The molecule has 1 aliphatic carbocycles. The number of aromatic nitrogens is 1. The first-order valence-corrected chi connectivity index (χ1v) is 8.49. The van der Waals surface area contributed by atoms with Gasteiger partial charge in [0.2, 0.25) is 15.9 Å². The van der Waals surface area contributed by atoms with Gasteiger partial charge in [0.15, 0.2) is 0 Å². The summed E-state index contributed by atoms with van der Waals surface area (Å²) in [6.45, 7) is -0.149. The second-order valence-electron chi connectivity index (χ2n) is 5.39. The lowest BCUT2D eigenvalue weighted by atomic mass is 10.2. The van der Waals surface area contributed by atoms with Crippen LogP contribution in [-0.2, 0) is 14.8 Å². The molecule has 6 nitrogen and oxygen atoms in total. The summed E-state index contributed by atoms with van der Waals surface area (Å²) in [5.41, 5.74) is 0. The summed E-state index contributed by atoms with van der Waals surface area (Å²) in [6, 6.07) is 3.28. The van der Waals surface area contributed by atoms with E-state index in [1.54, 1.807) is 18.0 Å². The number of hydrogen-bond acceptors (Lipinski definition) is 4. The monoisotopic (exact) mass is 311 g/mol. The molecule has 1 saturated carbocycles. The number of carbonyl (C=O) groups is 1. The molecule has 116 valence electrons. The smallest absolute Gasteiger partial charge is 0.244 e. The first-order valence-electron chi connectivity index (χ1n) is 7.05. The maximum absolute atomic E-state index is 12.3. The molecule has 0 unspecified atom stereocenters. The number of sulfonamides is 1. The van der Waals surface area contributed by atoms with Crippen LogP contribution in [-0.4, -0.2) is 55.2 Å². The fourth-order valence-electron chi connectivity index (χ4n) is 2.56. The Morgan fingerprint density at radius 3 is 2.57 bits per heavy atom. The van der Waals surface area contributed by atoms with Gasteiger partial charge >= 0.3 is 0 Å². The van der Waals surface area contributed by atoms with Gasteiger partial charge in [-0.2, -0.15) is 4.31 Å². The molecule has 0 aromatic carbocycles. The van der Waals surface area contributed by atoms with Gasteiger partial charge in [0.05, 0.1) is 6.54 Å². The third-order valence-corrected chi connectivity index (χ3v) is 5.75.